The molecule has 0 aromatic heterocycles. The Morgan fingerprint density at radius 3 is 2.34 bits per heavy atom. The van der Waals surface area contributed by atoms with Crippen LogP contribution in [0, 0.1) is 23.2 Å². The molecule has 9 heteroatoms. The molecule has 3 fully saturated rings. The summed E-state index contributed by atoms with van der Waals surface area (Å²) in [5, 5.41) is 54.1. The number of aliphatic hydroxyl groups is 5. The van der Waals surface area contributed by atoms with Gasteiger partial charge >= 0.3 is 5.97 Å². The molecule has 1 aliphatic heterocycles. The fourth-order valence-electron chi connectivity index (χ4n) is 6.46. The normalized spacial score (nSPS) is 46.9. The first kappa shape index (κ1) is 28.5. The third-order valence-corrected chi connectivity index (χ3v) is 8.80. The van der Waals surface area contributed by atoms with Crippen LogP contribution in [0.4, 0.5) is 0 Å². The van der Waals surface area contributed by atoms with Crippen LogP contribution < -0.4 is 0 Å². The van der Waals surface area contributed by atoms with E-state index in [9.17, 15) is 30.3 Å². The molecule has 0 unspecified atom stereocenters. The van der Waals surface area contributed by atoms with Gasteiger partial charge in [0.2, 0.25) is 0 Å². The van der Waals surface area contributed by atoms with Crippen LogP contribution in [0.1, 0.15) is 67.2 Å². The summed E-state index contributed by atoms with van der Waals surface area (Å²) in [5.41, 5.74) is -1.38. The summed E-state index contributed by atoms with van der Waals surface area (Å²) in [7, 11) is 0. The molecular weight excluding hydrogens is 456 g/mol. The first-order valence-electron chi connectivity index (χ1n) is 12.8. The Balaban J connectivity index is 1.89. The summed E-state index contributed by atoms with van der Waals surface area (Å²) in [6.07, 6.45) is -4.03. The van der Waals surface area contributed by atoms with E-state index in [-0.39, 0.29) is 11.8 Å². The molecule has 202 valence electrons. The number of fused-ring (bicyclic) bond motifs is 1. The van der Waals surface area contributed by atoms with Crippen molar-refractivity contribution in [1.82, 2.24) is 0 Å². The zero-order chi connectivity index (χ0) is 26.3. The summed E-state index contributed by atoms with van der Waals surface area (Å²) in [6, 6.07) is 0. The maximum atomic E-state index is 12.3. The Kier molecular flexibility index (Phi) is 8.74. The minimum absolute atomic E-state index is 0.0123. The van der Waals surface area contributed by atoms with Gasteiger partial charge in [0.05, 0.1) is 24.4 Å². The molecule has 5 N–H and O–H groups in total. The van der Waals surface area contributed by atoms with E-state index in [2.05, 4.69) is 13.8 Å². The van der Waals surface area contributed by atoms with Crippen molar-refractivity contribution in [3.05, 3.63) is 11.6 Å². The lowest BCUT2D eigenvalue weighted by atomic mass is 9.50. The lowest BCUT2D eigenvalue weighted by molar-refractivity contribution is -0.339. The molecule has 0 aromatic rings. The van der Waals surface area contributed by atoms with Crippen molar-refractivity contribution < 1.29 is 44.5 Å². The molecule has 0 radical (unpaired) electrons. The van der Waals surface area contributed by atoms with Gasteiger partial charge in [-0.25, -0.2) is 4.79 Å². The summed E-state index contributed by atoms with van der Waals surface area (Å²) < 4.78 is 17.6. The summed E-state index contributed by atoms with van der Waals surface area (Å²) >= 11 is 0. The van der Waals surface area contributed by atoms with E-state index in [1.807, 2.05) is 6.92 Å². The molecule has 2 aliphatic carbocycles. The van der Waals surface area contributed by atoms with Crippen molar-refractivity contribution in [1.29, 1.82) is 0 Å². The molecule has 0 bridgehead atoms. The Bertz CT molecular complexity index is 779. The molecule has 1 heterocycles. The second kappa shape index (κ2) is 10.7. The van der Waals surface area contributed by atoms with Crippen LogP contribution in [0.3, 0.4) is 0 Å². The second-order valence-electron chi connectivity index (χ2n) is 11.5. The zero-order valence-electron chi connectivity index (χ0n) is 21.8. The van der Waals surface area contributed by atoms with E-state index in [0.29, 0.717) is 18.4 Å². The van der Waals surface area contributed by atoms with E-state index in [4.69, 9.17) is 14.2 Å². The molecule has 2 saturated carbocycles. The molecule has 0 amide bonds. The number of ether oxygens (including phenoxy) is 3. The van der Waals surface area contributed by atoms with Crippen LogP contribution in [-0.2, 0) is 19.0 Å². The van der Waals surface area contributed by atoms with E-state index in [1.54, 1.807) is 26.8 Å². The van der Waals surface area contributed by atoms with Gasteiger partial charge in [0.25, 0.3) is 0 Å². The van der Waals surface area contributed by atoms with E-state index in [1.165, 1.54) is 0 Å². The highest BCUT2D eigenvalue weighted by Gasteiger charge is 2.61. The van der Waals surface area contributed by atoms with Gasteiger partial charge in [-0.15, -0.1) is 0 Å². The summed E-state index contributed by atoms with van der Waals surface area (Å²) in [4.78, 5) is 12.3. The topological polar surface area (TPSA) is 146 Å². The van der Waals surface area contributed by atoms with Crippen molar-refractivity contribution in [3.8, 4) is 0 Å². The lowest BCUT2D eigenvalue weighted by Crippen LogP contribution is -2.66. The average molecular weight is 501 g/mol. The number of allylic oxidation sites excluding steroid dienone is 1. The predicted octanol–water partition coefficient (Wildman–Crippen LogP) is 1.28. The number of aliphatic hydroxyl groups excluding tert-OH is 4. The van der Waals surface area contributed by atoms with Crippen molar-refractivity contribution in [3.63, 3.8) is 0 Å². The Labute approximate surface area is 208 Å². The quantitative estimate of drug-likeness (QED) is 0.269. The number of hydrogen-bond donors (Lipinski definition) is 5. The van der Waals surface area contributed by atoms with Gasteiger partial charge in [-0.2, -0.15) is 0 Å². The summed E-state index contributed by atoms with van der Waals surface area (Å²) in [5.74, 6) is -0.914. The number of hydrogen-bond acceptors (Lipinski definition) is 9. The number of carbonyl (C=O) groups is 1. The average Bonchev–Trinajstić information content (AvgIpc) is 2.80. The molecular formula is C26H44O9. The molecule has 35 heavy (non-hydrogen) atoms. The van der Waals surface area contributed by atoms with Crippen LogP contribution in [0.25, 0.3) is 0 Å². The Morgan fingerprint density at radius 1 is 1.11 bits per heavy atom. The third kappa shape index (κ3) is 5.32. The third-order valence-electron chi connectivity index (χ3n) is 8.80. The second-order valence-corrected chi connectivity index (χ2v) is 11.5. The lowest BCUT2D eigenvalue weighted by Gasteiger charge is -2.60. The van der Waals surface area contributed by atoms with Crippen LogP contribution >= 0.6 is 0 Å². The van der Waals surface area contributed by atoms with Gasteiger partial charge in [0.15, 0.2) is 12.4 Å². The van der Waals surface area contributed by atoms with Gasteiger partial charge in [0, 0.05) is 16.9 Å². The van der Waals surface area contributed by atoms with Gasteiger partial charge in [-0.3, -0.25) is 0 Å². The van der Waals surface area contributed by atoms with Gasteiger partial charge in [-0.1, -0.05) is 26.8 Å². The van der Waals surface area contributed by atoms with E-state index < -0.39 is 72.4 Å². The largest absolute Gasteiger partial charge is 0.453 e. The van der Waals surface area contributed by atoms with Gasteiger partial charge in [0.1, 0.15) is 18.3 Å². The number of carbonyl (C=O) groups excluding carboxylic acids is 1. The monoisotopic (exact) mass is 500 g/mol. The highest BCUT2D eigenvalue weighted by molar-refractivity contribution is 5.87. The summed E-state index contributed by atoms with van der Waals surface area (Å²) in [6.45, 7) is 10.6. The molecule has 0 spiro atoms. The van der Waals surface area contributed by atoms with Crippen LogP contribution in [0.5, 0.6) is 0 Å². The minimum Gasteiger partial charge on any atom is -0.453 e. The molecule has 3 aliphatic rings. The highest BCUT2D eigenvalue weighted by atomic mass is 16.7. The smallest absolute Gasteiger partial charge is 0.333 e. The standard InChI is InChI=1S/C26H44O9/c1-7-14(4)23(31)34-21-16(12-27)33-24(19(30)18(21)29)35-20-15(13(2)3)8-10-25(5)17(28)9-11-26(6,32)22(20)25/h7,13,15-22,24,27-30,32H,8-12H2,1-6H3/b14-7-/t15-,16+,17-,18+,19+,20+,21+,22-,24-,25+,26-/m0/s1. The Morgan fingerprint density at radius 2 is 1.77 bits per heavy atom. The van der Waals surface area contributed by atoms with Crippen LogP contribution in [0.2, 0.25) is 0 Å². The fourth-order valence-corrected chi connectivity index (χ4v) is 6.46. The molecule has 9 nitrogen and oxygen atoms in total. The maximum Gasteiger partial charge on any atom is 0.333 e. The fraction of sp³-hybridized carbons (Fsp3) is 0.885. The first-order chi connectivity index (χ1) is 16.3. The van der Waals surface area contributed by atoms with Crippen LogP contribution in [0.15, 0.2) is 11.6 Å². The first-order valence-corrected chi connectivity index (χ1v) is 12.8. The molecule has 0 aromatic carbocycles. The van der Waals surface area contributed by atoms with Crippen molar-refractivity contribution >= 4 is 5.97 Å². The van der Waals surface area contributed by atoms with Crippen molar-refractivity contribution in [2.45, 2.75) is 116 Å². The zero-order valence-corrected chi connectivity index (χ0v) is 21.8. The van der Waals surface area contributed by atoms with Gasteiger partial charge < -0.3 is 39.7 Å². The molecule has 11 atom stereocenters. The van der Waals surface area contributed by atoms with E-state index in [0.717, 1.165) is 12.8 Å². The Hall–Kier alpha value is -1.07. The predicted molar refractivity (Wildman–Crippen MR) is 127 cm³/mol. The highest BCUT2D eigenvalue weighted by Crippen LogP contribution is 2.57. The van der Waals surface area contributed by atoms with E-state index >= 15 is 0 Å². The van der Waals surface area contributed by atoms with Crippen molar-refractivity contribution in [2.75, 3.05) is 6.61 Å². The maximum absolute atomic E-state index is 12.3. The molecule has 3 rings (SSSR count). The van der Waals surface area contributed by atoms with Gasteiger partial charge in [-0.05, 0) is 58.3 Å². The van der Waals surface area contributed by atoms with Crippen LogP contribution in [-0.4, -0.2) is 86.6 Å². The SMILES string of the molecule is C/C=C(/C)C(=O)O[C@H]1[C@H](O)[C@@H](O)[C@H](O[C@@H]2[C@H](C(C)C)CC[C@]3(C)[C@@H](O)CC[C@](C)(O)[C@@H]23)O[C@@H]1CO. The molecule has 1 saturated heterocycles. The number of rotatable bonds is 6. The number of esters is 1. The minimum atomic E-state index is -1.55. The van der Waals surface area contributed by atoms with Crippen molar-refractivity contribution in [2.24, 2.45) is 23.2 Å².